The molecule has 0 spiro atoms. The molecule has 4 aromatic carbocycles. The summed E-state index contributed by atoms with van der Waals surface area (Å²) in [6.45, 7) is 0.0482. The smallest absolute Gasteiger partial charge is 0.264 e. The van der Waals surface area contributed by atoms with E-state index in [0.717, 1.165) is 5.56 Å². The molecule has 0 aliphatic heterocycles. The molecule has 0 aliphatic carbocycles. The van der Waals surface area contributed by atoms with Crippen LogP contribution in [-0.2, 0) is 16.6 Å². The Kier molecular flexibility index (Phi) is 6.95. The Hall–Kier alpha value is -3.68. The maximum atomic E-state index is 13.8. The molecule has 0 fully saturated rings. The minimum atomic E-state index is -4.10. The molecular formula is C26H20ClFN2O3S. The first-order valence-electron chi connectivity index (χ1n) is 10.3. The number of anilines is 2. The predicted octanol–water partition coefficient (Wildman–Crippen LogP) is 6.13. The fourth-order valence-electron chi connectivity index (χ4n) is 3.40. The summed E-state index contributed by atoms with van der Waals surface area (Å²) in [5.74, 6) is -1.06. The summed E-state index contributed by atoms with van der Waals surface area (Å²) in [7, 11) is -4.10. The molecule has 4 rings (SSSR count). The van der Waals surface area contributed by atoms with Crippen LogP contribution in [0.2, 0.25) is 5.02 Å². The predicted molar refractivity (Wildman–Crippen MR) is 132 cm³/mol. The summed E-state index contributed by atoms with van der Waals surface area (Å²) in [6.07, 6.45) is 0. The van der Waals surface area contributed by atoms with E-state index >= 15 is 0 Å². The van der Waals surface area contributed by atoms with Gasteiger partial charge in [-0.05, 0) is 54.1 Å². The minimum absolute atomic E-state index is 0.0482. The van der Waals surface area contributed by atoms with Crippen molar-refractivity contribution in [1.29, 1.82) is 0 Å². The Morgan fingerprint density at radius 2 is 1.56 bits per heavy atom. The lowest BCUT2D eigenvalue weighted by Gasteiger charge is -2.26. The van der Waals surface area contributed by atoms with Crippen molar-refractivity contribution in [3.63, 3.8) is 0 Å². The number of amides is 1. The van der Waals surface area contributed by atoms with Gasteiger partial charge in [-0.1, -0.05) is 66.2 Å². The van der Waals surface area contributed by atoms with Crippen molar-refractivity contribution in [3.05, 3.63) is 125 Å². The lowest BCUT2D eigenvalue weighted by molar-refractivity contribution is 0.102. The zero-order chi connectivity index (χ0) is 24.1. The van der Waals surface area contributed by atoms with Crippen LogP contribution in [0.3, 0.4) is 0 Å². The van der Waals surface area contributed by atoms with E-state index in [-0.39, 0.29) is 27.7 Å². The highest BCUT2D eigenvalue weighted by Crippen LogP contribution is 2.32. The van der Waals surface area contributed by atoms with Gasteiger partial charge in [0.05, 0.1) is 22.2 Å². The number of nitrogens with zero attached hydrogens (tertiary/aromatic N) is 1. The van der Waals surface area contributed by atoms with Gasteiger partial charge >= 0.3 is 0 Å². The van der Waals surface area contributed by atoms with E-state index in [1.54, 1.807) is 30.3 Å². The third-order valence-corrected chi connectivity index (χ3v) is 7.13. The molecule has 0 saturated heterocycles. The quantitative estimate of drug-likeness (QED) is 0.336. The molecule has 5 nitrogen and oxygen atoms in total. The molecule has 1 amide bonds. The number of sulfonamides is 1. The van der Waals surface area contributed by atoms with E-state index in [9.17, 15) is 17.6 Å². The summed E-state index contributed by atoms with van der Waals surface area (Å²) in [4.78, 5) is 12.7. The fourth-order valence-corrected chi connectivity index (χ4v) is 5.20. The zero-order valence-electron chi connectivity index (χ0n) is 17.9. The van der Waals surface area contributed by atoms with Gasteiger partial charge in [-0.25, -0.2) is 12.8 Å². The number of carbonyl (C=O) groups is 1. The van der Waals surface area contributed by atoms with E-state index < -0.39 is 21.7 Å². The summed E-state index contributed by atoms with van der Waals surface area (Å²) in [5.41, 5.74) is 1.47. The topological polar surface area (TPSA) is 66.5 Å². The second-order valence-corrected chi connectivity index (χ2v) is 9.71. The van der Waals surface area contributed by atoms with Crippen molar-refractivity contribution in [3.8, 4) is 0 Å². The van der Waals surface area contributed by atoms with Crippen molar-refractivity contribution < 1.29 is 17.6 Å². The number of para-hydroxylation sites is 1. The van der Waals surface area contributed by atoms with Gasteiger partial charge in [0.25, 0.3) is 15.9 Å². The fraction of sp³-hybridized carbons (Fsp3) is 0.0385. The molecule has 1 N–H and O–H groups in total. The van der Waals surface area contributed by atoms with Crippen LogP contribution in [0.15, 0.2) is 108 Å². The summed E-state index contributed by atoms with van der Waals surface area (Å²) < 4.78 is 42.2. The molecule has 172 valence electrons. The maximum absolute atomic E-state index is 13.8. The van der Waals surface area contributed by atoms with Crippen LogP contribution in [0.1, 0.15) is 15.9 Å². The Bertz CT molecular complexity index is 1430. The third kappa shape index (κ3) is 5.27. The van der Waals surface area contributed by atoms with Gasteiger partial charge in [-0.3, -0.25) is 9.10 Å². The zero-order valence-corrected chi connectivity index (χ0v) is 19.4. The first kappa shape index (κ1) is 23.5. The van der Waals surface area contributed by atoms with Gasteiger partial charge in [-0.15, -0.1) is 0 Å². The van der Waals surface area contributed by atoms with Crippen LogP contribution < -0.4 is 9.62 Å². The van der Waals surface area contributed by atoms with Crippen LogP contribution in [-0.4, -0.2) is 14.3 Å². The molecular weight excluding hydrogens is 475 g/mol. The lowest BCUT2D eigenvalue weighted by Crippen LogP contribution is -2.31. The number of rotatable bonds is 7. The molecule has 0 atom stereocenters. The molecule has 0 heterocycles. The van der Waals surface area contributed by atoms with Crippen molar-refractivity contribution in [2.75, 3.05) is 9.62 Å². The van der Waals surface area contributed by atoms with Gasteiger partial charge in [0.2, 0.25) is 0 Å². The molecule has 0 bridgehead atoms. The van der Waals surface area contributed by atoms with Crippen LogP contribution in [0, 0.1) is 5.82 Å². The van der Waals surface area contributed by atoms with Gasteiger partial charge < -0.3 is 5.32 Å². The largest absolute Gasteiger partial charge is 0.322 e. The highest BCUT2D eigenvalue weighted by atomic mass is 35.5. The van der Waals surface area contributed by atoms with Crippen molar-refractivity contribution in [2.45, 2.75) is 11.4 Å². The average molecular weight is 495 g/mol. The molecule has 0 aromatic heterocycles. The standard InChI is InChI=1S/C26H20ClFN2O3S/c27-24-14-4-5-15-25(24)30(18-19-8-2-1-3-9-19)34(32,33)23-13-6-10-20(16-23)26(31)29-22-12-7-11-21(28)17-22/h1-17H,18H2,(H,29,31). The second kappa shape index (κ2) is 10.1. The number of hydrogen-bond donors (Lipinski definition) is 1. The maximum Gasteiger partial charge on any atom is 0.264 e. The lowest BCUT2D eigenvalue weighted by atomic mass is 10.2. The molecule has 0 saturated carbocycles. The Morgan fingerprint density at radius 1 is 0.853 bits per heavy atom. The number of carbonyl (C=O) groups excluding carboxylic acids is 1. The monoisotopic (exact) mass is 494 g/mol. The molecule has 34 heavy (non-hydrogen) atoms. The SMILES string of the molecule is O=C(Nc1cccc(F)c1)c1cccc(S(=O)(=O)N(Cc2ccccc2)c2ccccc2Cl)c1. The highest BCUT2D eigenvalue weighted by molar-refractivity contribution is 7.92. The van der Waals surface area contributed by atoms with E-state index in [1.807, 2.05) is 30.3 Å². The average Bonchev–Trinajstić information content (AvgIpc) is 2.84. The third-order valence-electron chi connectivity index (χ3n) is 5.06. The molecule has 0 unspecified atom stereocenters. The van der Waals surface area contributed by atoms with Crippen LogP contribution >= 0.6 is 11.6 Å². The van der Waals surface area contributed by atoms with Gasteiger partial charge in [-0.2, -0.15) is 0 Å². The highest BCUT2D eigenvalue weighted by Gasteiger charge is 2.27. The minimum Gasteiger partial charge on any atom is -0.322 e. The van der Waals surface area contributed by atoms with Crippen molar-refractivity contribution in [1.82, 2.24) is 0 Å². The van der Waals surface area contributed by atoms with Gasteiger partial charge in [0.1, 0.15) is 5.82 Å². The normalized spacial score (nSPS) is 11.1. The molecule has 0 aliphatic rings. The Labute approximate surface area is 202 Å². The first-order chi connectivity index (χ1) is 16.3. The van der Waals surface area contributed by atoms with E-state index in [2.05, 4.69) is 5.32 Å². The molecule has 4 aromatic rings. The van der Waals surface area contributed by atoms with E-state index in [4.69, 9.17) is 11.6 Å². The summed E-state index contributed by atoms with van der Waals surface area (Å²) in [5, 5.41) is 2.86. The van der Waals surface area contributed by atoms with E-state index in [1.165, 1.54) is 46.8 Å². The summed E-state index contributed by atoms with van der Waals surface area (Å²) in [6, 6.07) is 26.9. The number of hydrogen-bond acceptors (Lipinski definition) is 3. The number of nitrogens with one attached hydrogen (secondary N) is 1. The Morgan fingerprint density at radius 3 is 2.29 bits per heavy atom. The second-order valence-electron chi connectivity index (χ2n) is 7.44. The van der Waals surface area contributed by atoms with Gasteiger partial charge in [0, 0.05) is 11.3 Å². The van der Waals surface area contributed by atoms with Crippen molar-refractivity contribution >= 4 is 38.9 Å². The summed E-state index contributed by atoms with van der Waals surface area (Å²) >= 11 is 6.36. The molecule has 0 radical (unpaired) electrons. The number of halogens is 2. The Balaban J connectivity index is 1.70. The van der Waals surface area contributed by atoms with Crippen LogP contribution in [0.5, 0.6) is 0 Å². The number of benzene rings is 4. The van der Waals surface area contributed by atoms with E-state index in [0.29, 0.717) is 5.69 Å². The molecule has 8 heteroatoms. The van der Waals surface area contributed by atoms with Crippen LogP contribution in [0.4, 0.5) is 15.8 Å². The first-order valence-corrected chi connectivity index (χ1v) is 12.1. The van der Waals surface area contributed by atoms with Crippen LogP contribution in [0.25, 0.3) is 0 Å². The van der Waals surface area contributed by atoms with Crippen molar-refractivity contribution in [2.24, 2.45) is 0 Å². The van der Waals surface area contributed by atoms with Gasteiger partial charge in [0.15, 0.2) is 0 Å².